The van der Waals surface area contributed by atoms with Gasteiger partial charge in [0.2, 0.25) is 11.8 Å². The Morgan fingerprint density at radius 1 is 0.808 bits per heavy atom. The summed E-state index contributed by atoms with van der Waals surface area (Å²) in [5.74, 6) is -1.66. The quantitative estimate of drug-likeness (QED) is 0.140. The van der Waals surface area contributed by atoms with Crippen LogP contribution in [0.3, 0.4) is 0 Å². The summed E-state index contributed by atoms with van der Waals surface area (Å²) in [5.41, 5.74) is 1.14. The van der Waals surface area contributed by atoms with Crippen molar-refractivity contribution in [2.24, 2.45) is 0 Å². The number of hydrogen-bond donors (Lipinski definition) is 2. The predicted octanol–water partition coefficient (Wildman–Crippen LogP) is 7.02. The Morgan fingerprint density at radius 2 is 1.35 bits per heavy atom. The molecule has 3 atom stereocenters. The monoisotopic (exact) mass is 722 g/mol. The van der Waals surface area contributed by atoms with Gasteiger partial charge in [-0.25, -0.2) is 9.36 Å². The summed E-state index contributed by atoms with van der Waals surface area (Å²) in [6, 6.07) is 33.2. The number of carbonyl (C=O) groups is 3. The van der Waals surface area contributed by atoms with Gasteiger partial charge in [0.05, 0.1) is 11.6 Å². The maximum atomic E-state index is 15.0. The van der Waals surface area contributed by atoms with Gasteiger partial charge in [0.1, 0.15) is 29.2 Å². The molecule has 0 aliphatic carbocycles. The molecule has 0 spiro atoms. The SMILES string of the molecule is CC(C)(C)OC(=O)N[C@H](Cc1ccccc1)C(=O)N1CCC[C@H]1C(=O)NC(Cc1ccc(C#N)cc1)P(=O)(Oc1ccccc1)Oc1ccccc1. The van der Waals surface area contributed by atoms with Crippen LogP contribution in [-0.2, 0) is 31.7 Å². The zero-order valence-corrected chi connectivity index (χ0v) is 30.3. The van der Waals surface area contributed by atoms with E-state index in [0.29, 0.717) is 24.0 Å². The number of rotatable bonds is 13. The number of alkyl carbamates (subject to hydrolysis) is 1. The average Bonchev–Trinajstić information content (AvgIpc) is 3.62. The molecule has 4 aromatic rings. The Morgan fingerprint density at radius 3 is 1.88 bits per heavy atom. The molecule has 1 aliphatic heterocycles. The topological polar surface area (TPSA) is 147 Å². The molecular formula is C40H43N4O7P. The molecule has 2 N–H and O–H groups in total. The maximum absolute atomic E-state index is 15.0. The fraction of sp³-hybridized carbons (Fsp3) is 0.300. The second-order valence-corrected chi connectivity index (χ2v) is 15.5. The van der Waals surface area contributed by atoms with E-state index in [0.717, 1.165) is 5.56 Å². The van der Waals surface area contributed by atoms with E-state index in [9.17, 15) is 19.6 Å². The molecule has 52 heavy (non-hydrogen) atoms. The second-order valence-electron chi connectivity index (χ2n) is 13.5. The molecular weight excluding hydrogens is 679 g/mol. The number of hydrogen-bond acceptors (Lipinski definition) is 8. The van der Waals surface area contributed by atoms with Crippen LogP contribution in [0, 0.1) is 11.3 Å². The van der Waals surface area contributed by atoms with Gasteiger partial charge in [0.25, 0.3) is 0 Å². The third-order valence-electron chi connectivity index (χ3n) is 8.26. The Bertz CT molecular complexity index is 1850. The number of benzene rings is 4. The summed E-state index contributed by atoms with van der Waals surface area (Å²) in [5, 5.41) is 15.0. The first-order valence-corrected chi connectivity index (χ1v) is 18.8. The van der Waals surface area contributed by atoms with Gasteiger partial charge in [0.15, 0.2) is 5.78 Å². The lowest BCUT2D eigenvalue weighted by Crippen LogP contribution is -2.55. The molecule has 11 nitrogen and oxygen atoms in total. The predicted molar refractivity (Wildman–Crippen MR) is 197 cm³/mol. The first-order valence-electron chi connectivity index (χ1n) is 17.1. The van der Waals surface area contributed by atoms with Crippen molar-refractivity contribution in [3.05, 3.63) is 132 Å². The van der Waals surface area contributed by atoms with E-state index in [1.165, 1.54) is 4.90 Å². The van der Waals surface area contributed by atoms with Gasteiger partial charge in [-0.2, -0.15) is 5.26 Å². The largest absolute Gasteiger partial charge is 0.453 e. The minimum atomic E-state index is -4.27. The lowest BCUT2D eigenvalue weighted by Gasteiger charge is -2.32. The lowest BCUT2D eigenvalue weighted by atomic mass is 10.0. The number of likely N-dealkylation sites (tertiary alicyclic amines) is 1. The van der Waals surface area contributed by atoms with Gasteiger partial charge in [-0.05, 0) is 81.1 Å². The minimum absolute atomic E-state index is 0.0197. The Balaban J connectivity index is 1.45. The van der Waals surface area contributed by atoms with Crippen LogP contribution in [0.25, 0.3) is 0 Å². The first-order chi connectivity index (χ1) is 24.9. The minimum Gasteiger partial charge on any atom is -0.444 e. The molecule has 3 amide bonds. The van der Waals surface area contributed by atoms with E-state index in [1.807, 2.05) is 30.3 Å². The van der Waals surface area contributed by atoms with Gasteiger partial charge in [0, 0.05) is 19.4 Å². The third kappa shape index (κ3) is 10.5. The normalized spacial score (nSPS) is 15.4. The number of ether oxygens (including phenoxy) is 1. The molecule has 1 heterocycles. The maximum Gasteiger partial charge on any atom is 0.453 e. The molecule has 1 fully saturated rings. The number of carbonyl (C=O) groups excluding carboxylic acids is 3. The van der Waals surface area contributed by atoms with Crippen molar-refractivity contribution in [3.63, 3.8) is 0 Å². The molecule has 0 bridgehead atoms. The van der Waals surface area contributed by atoms with Crippen LogP contribution in [-0.4, -0.2) is 52.8 Å². The average molecular weight is 723 g/mol. The van der Waals surface area contributed by atoms with Gasteiger partial charge in [-0.3, -0.25) is 9.59 Å². The van der Waals surface area contributed by atoms with Crippen molar-refractivity contribution >= 4 is 25.5 Å². The van der Waals surface area contributed by atoms with E-state index < -0.39 is 49.0 Å². The summed E-state index contributed by atoms with van der Waals surface area (Å²) in [4.78, 5) is 42.9. The fourth-order valence-electron chi connectivity index (χ4n) is 5.85. The number of amides is 3. The van der Waals surface area contributed by atoms with E-state index >= 15 is 4.57 Å². The first kappa shape index (κ1) is 37.7. The summed E-state index contributed by atoms with van der Waals surface area (Å²) in [6.07, 6.45) is 0.325. The van der Waals surface area contributed by atoms with E-state index in [1.54, 1.807) is 106 Å². The summed E-state index contributed by atoms with van der Waals surface area (Å²) in [6.45, 7) is 5.48. The highest BCUT2D eigenvalue weighted by molar-refractivity contribution is 7.55. The van der Waals surface area contributed by atoms with Crippen molar-refractivity contribution in [2.75, 3.05) is 6.54 Å². The molecule has 5 rings (SSSR count). The van der Waals surface area contributed by atoms with Crippen molar-refractivity contribution < 1.29 is 32.7 Å². The fourth-order valence-corrected chi connectivity index (χ4v) is 7.69. The highest BCUT2D eigenvalue weighted by atomic mass is 31.2. The lowest BCUT2D eigenvalue weighted by molar-refractivity contribution is -0.140. The van der Waals surface area contributed by atoms with Gasteiger partial charge < -0.3 is 29.3 Å². The van der Waals surface area contributed by atoms with Crippen LogP contribution < -0.4 is 19.7 Å². The Labute approximate surface area is 304 Å². The number of para-hydroxylation sites is 2. The van der Waals surface area contributed by atoms with Crippen LogP contribution >= 0.6 is 7.60 Å². The van der Waals surface area contributed by atoms with Gasteiger partial charge in [-0.1, -0.05) is 78.9 Å². The molecule has 12 heteroatoms. The summed E-state index contributed by atoms with van der Waals surface area (Å²) >= 11 is 0. The second kappa shape index (κ2) is 17.1. The van der Waals surface area contributed by atoms with Crippen molar-refractivity contribution in [3.8, 4) is 17.6 Å². The van der Waals surface area contributed by atoms with E-state index in [2.05, 4.69) is 16.7 Å². The Hall–Kier alpha value is -5.59. The zero-order chi connectivity index (χ0) is 37.1. The molecule has 4 aromatic carbocycles. The molecule has 0 radical (unpaired) electrons. The third-order valence-corrected chi connectivity index (χ3v) is 10.3. The molecule has 1 aliphatic rings. The van der Waals surface area contributed by atoms with E-state index in [-0.39, 0.29) is 30.9 Å². The van der Waals surface area contributed by atoms with Gasteiger partial charge in [-0.15, -0.1) is 0 Å². The highest BCUT2D eigenvalue weighted by Gasteiger charge is 2.44. The van der Waals surface area contributed by atoms with Crippen LogP contribution in [0.2, 0.25) is 0 Å². The van der Waals surface area contributed by atoms with Crippen LogP contribution in [0.1, 0.15) is 50.3 Å². The van der Waals surface area contributed by atoms with Crippen LogP contribution in [0.5, 0.6) is 11.5 Å². The van der Waals surface area contributed by atoms with Crippen molar-refractivity contribution in [1.29, 1.82) is 5.26 Å². The number of nitrogens with zero attached hydrogens (tertiary/aromatic N) is 2. The number of nitriles is 1. The molecule has 1 saturated heterocycles. The summed E-state index contributed by atoms with van der Waals surface area (Å²) in [7, 11) is -4.27. The molecule has 0 aromatic heterocycles. The van der Waals surface area contributed by atoms with Crippen molar-refractivity contribution in [2.45, 2.75) is 69.9 Å². The molecule has 270 valence electrons. The Kier molecular flexibility index (Phi) is 12.4. The standard InChI is InChI=1S/C40H43N4O7P/c1-40(2,3)49-39(47)42-34(26-29-14-7-4-8-15-29)38(46)44-25-13-20-35(44)37(45)43-36(27-30-21-23-31(28-41)24-22-30)52(48,50-32-16-9-5-10-17-32)51-33-18-11-6-12-19-33/h4-12,14-19,21-24,34-36H,13,20,25-27H2,1-3H3,(H,42,47)(H,43,45)/t34-,35+,36?/m1/s1. The summed E-state index contributed by atoms with van der Waals surface area (Å²) < 4.78 is 32.8. The zero-order valence-electron chi connectivity index (χ0n) is 29.4. The van der Waals surface area contributed by atoms with Crippen LogP contribution in [0.4, 0.5) is 4.79 Å². The smallest absolute Gasteiger partial charge is 0.444 e. The van der Waals surface area contributed by atoms with Crippen LogP contribution in [0.15, 0.2) is 115 Å². The molecule has 1 unspecified atom stereocenters. The molecule has 0 saturated carbocycles. The van der Waals surface area contributed by atoms with Crippen molar-refractivity contribution in [1.82, 2.24) is 15.5 Å². The number of nitrogens with one attached hydrogen (secondary N) is 2. The highest BCUT2D eigenvalue weighted by Crippen LogP contribution is 2.53. The van der Waals surface area contributed by atoms with E-state index in [4.69, 9.17) is 13.8 Å². The van der Waals surface area contributed by atoms with Gasteiger partial charge >= 0.3 is 13.7 Å².